The summed E-state index contributed by atoms with van der Waals surface area (Å²) < 4.78 is 38.0. The van der Waals surface area contributed by atoms with E-state index in [0.29, 0.717) is 11.1 Å². The highest BCUT2D eigenvalue weighted by Crippen LogP contribution is 2.38. The van der Waals surface area contributed by atoms with Crippen molar-refractivity contribution in [3.05, 3.63) is 65.5 Å². The van der Waals surface area contributed by atoms with Crippen LogP contribution in [0.1, 0.15) is 26.9 Å². The number of carbonyl (C=O) groups is 2. The van der Waals surface area contributed by atoms with Crippen LogP contribution in [0.2, 0.25) is 0 Å². The van der Waals surface area contributed by atoms with Gasteiger partial charge in [-0.3, -0.25) is 20.0 Å². The van der Waals surface area contributed by atoms with Gasteiger partial charge in [-0.2, -0.15) is 13.2 Å². The number of hydrogen-bond donors (Lipinski definition) is 1. The van der Waals surface area contributed by atoms with E-state index in [9.17, 15) is 22.8 Å². The number of amides is 2. The minimum absolute atomic E-state index is 0.127. The number of benzene rings is 1. The van der Waals surface area contributed by atoms with Crippen LogP contribution in [-0.4, -0.2) is 27.6 Å². The molecule has 5 nitrogen and oxygen atoms in total. The van der Waals surface area contributed by atoms with Gasteiger partial charge < -0.3 is 0 Å². The Hall–Kier alpha value is -2.55. The molecule has 9 heteroatoms. The Kier molecular flexibility index (Phi) is 4.67. The molecular formula is C16H12F3N3O2S. The van der Waals surface area contributed by atoms with Gasteiger partial charge in [-0.05, 0) is 29.8 Å². The molecule has 3 rings (SSSR count). The highest BCUT2D eigenvalue weighted by atomic mass is 32.2. The summed E-state index contributed by atoms with van der Waals surface area (Å²) in [4.78, 5) is 28.1. The summed E-state index contributed by atoms with van der Waals surface area (Å²) in [5.41, 5.74) is 2.57. The molecule has 1 aliphatic heterocycles. The van der Waals surface area contributed by atoms with Gasteiger partial charge in [0.15, 0.2) is 0 Å². The number of alkyl halides is 3. The molecule has 1 fully saturated rings. The van der Waals surface area contributed by atoms with Crippen molar-refractivity contribution in [1.29, 1.82) is 0 Å². The molecule has 2 aromatic rings. The molecule has 1 aromatic heterocycles. The smallest absolute Gasteiger partial charge is 0.272 e. The summed E-state index contributed by atoms with van der Waals surface area (Å²) in [5, 5.41) is 0.566. The molecule has 2 heterocycles. The maximum Gasteiger partial charge on any atom is 0.416 e. The molecule has 0 bridgehead atoms. The van der Waals surface area contributed by atoms with E-state index < -0.39 is 23.0 Å². The van der Waals surface area contributed by atoms with Crippen LogP contribution in [0.25, 0.3) is 0 Å². The Bertz CT molecular complexity index is 781. The van der Waals surface area contributed by atoms with Crippen molar-refractivity contribution in [2.45, 2.75) is 11.6 Å². The highest BCUT2D eigenvalue weighted by Gasteiger charge is 2.35. The maximum atomic E-state index is 12.7. The Labute approximate surface area is 145 Å². The monoisotopic (exact) mass is 367 g/mol. The van der Waals surface area contributed by atoms with Crippen molar-refractivity contribution in [2.24, 2.45) is 0 Å². The summed E-state index contributed by atoms with van der Waals surface area (Å²) in [6.07, 6.45) is -1.53. The normalized spacial score (nSPS) is 17.6. The fourth-order valence-corrected chi connectivity index (χ4v) is 3.41. The van der Waals surface area contributed by atoms with Crippen molar-refractivity contribution in [2.75, 3.05) is 5.75 Å². The fraction of sp³-hybridized carbons (Fsp3) is 0.188. The molecule has 0 unspecified atom stereocenters. The molecule has 1 atom stereocenters. The van der Waals surface area contributed by atoms with Crippen LogP contribution in [-0.2, 0) is 11.0 Å². The highest BCUT2D eigenvalue weighted by molar-refractivity contribution is 8.00. The lowest BCUT2D eigenvalue weighted by Crippen LogP contribution is -2.44. The second-order valence-electron chi connectivity index (χ2n) is 5.22. The Morgan fingerprint density at radius 3 is 2.40 bits per heavy atom. The molecule has 1 saturated heterocycles. The van der Waals surface area contributed by atoms with Gasteiger partial charge in [0.25, 0.3) is 11.8 Å². The summed E-state index contributed by atoms with van der Waals surface area (Å²) in [7, 11) is 0. The lowest BCUT2D eigenvalue weighted by molar-refractivity contribution is -0.137. The number of pyridine rings is 1. The van der Waals surface area contributed by atoms with Gasteiger partial charge in [-0.15, -0.1) is 11.8 Å². The zero-order chi connectivity index (χ0) is 18.0. The van der Waals surface area contributed by atoms with Crippen molar-refractivity contribution >= 4 is 23.6 Å². The van der Waals surface area contributed by atoms with E-state index in [0.717, 1.165) is 17.1 Å². The Balaban J connectivity index is 1.79. The molecule has 1 N–H and O–H groups in total. The molecular weight excluding hydrogens is 355 g/mol. The van der Waals surface area contributed by atoms with Gasteiger partial charge in [-0.1, -0.05) is 12.1 Å². The molecule has 0 saturated carbocycles. The van der Waals surface area contributed by atoms with Gasteiger partial charge in [0.1, 0.15) is 5.37 Å². The minimum Gasteiger partial charge on any atom is -0.272 e. The van der Waals surface area contributed by atoms with Gasteiger partial charge >= 0.3 is 6.18 Å². The molecule has 0 radical (unpaired) electrons. The third-order valence-corrected chi connectivity index (χ3v) is 4.77. The van der Waals surface area contributed by atoms with E-state index in [1.807, 2.05) is 0 Å². The van der Waals surface area contributed by atoms with E-state index in [2.05, 4.69) is 10.4 Å². The van der Waals surface area contributed by atoms with E-state index >= 15 is 0 Å². The molecule has 0 spiro atoms. The third kappa shape index (κ3) is 3.76. The molecule has 1 aromatic carbocycles. The summed E-state index contributed by atoms with van der Waals surface area (Å²) in [6, 6.07) is 7.53. The second kappa shape index (κ2) is 6.75. The van der Waals surface area contributed by atoms with Crippen LogP contribution in [0.5, 0.6) is 0 Å². The van der Waals surface area contributed by atoms with Gasteiger partial charge in [0.05, 0.1) is 11.3 Å². The zero-order valence-corrected chi connectivity index (χ0v) is 13.5. The van der Waals surface area contributed by atoms with Crippen molar-refractivity contribution in [3.8, 4) is 0 Å². The average Bonchev–Trinajstić information content (AvgIpc) is 2.96. The van der Waals surface area contributed by atoms with Crippen LogP contribution in [0.3, 0.4) is 0 Å². The number of thioether (sulfide) groups is 1. The van der Waals surface area contributed by atoms with Crippen LogP contribution < -0.4 is 5.43 Å². The van der Waals surface area contributed by atoms with Crippen LogP contribution >= 0.6 is 11.8 Å². The van der Waals surface area contributed by atoms with Gasteiger partial charge in [-0.25, -0.2) is 5.01 Å². The first-order valence-electron chi connectivity index (χ1n) is 7.18. The Morgan fingerprint density at radius 2 is 1.80 bits per heavy atom. The van der Waals surface area contributed by atoms with Crippen LogP contribution in [0, 0.1) is 0 Å². The predicted octanol–water partition coefficient (Wildman–Crippen LogP) is 3.02. The minimum atomic E-state index is -4.42. The van der Waals surface area contributed by atoms with E-state index in [4.69, 9.17) is 0 Å². The summed E-state index contributed by atoms with van der Waals surface area (Å²) in [5.74, 6) is -0.685. The predicted molar refractivity (Wildman–Crippen MR) is 85.2 cm³/mol. The summed E-state index contributed by atoms with van der Waals surface area (Å²) in [6.45, 7) is 0. The average molecular weight is 367 g/mol. The quantitative estimate of drug-likeness (QED) is 0.906. The number of halogens is 3. The topological polar surface area (TPSA) is 62.3 Å². The first-order chi connectivity index (χ1) is 11.9. The maximum absolute atomic E-state index is 12.7. The zero-order valence-electron chi connectivity index (χ0n) is 12.7. The first kappa shape index (κ1) is 17.3. The first-order valence-corrected chi connectivity index (χ1v) is 8.23. The SMILES string of the molecule is O=C(NN1C(=O)CS[C@H]1c1ccc(C(F)(F)F)cc1)c1ccncc1. The molecule has 0 aliphatic carbocycles. The van der Waals surface area contributed by atoms with Gasteiger partial charge in [0, 0.05) is 18.0 Å². The molecule has 2 amide bonds. The Morgan fingerprint density at radius 1 is 1.16 bits per heavy atom. The third-order valence-electron chi connectivity index (χ3n) is 3.56. The van der Waals surface area contributed by atoms with Crippen LogP contribution in [0.15, 0.2) is 48.8 Å². The number of nitrogens with one attached hydrogen (secondary N) is 1. The number of hydrazine groups is 1. The molecule has 130 valence electrons. The molecule has 25 heavy (non-hydrogen) atoms. The van der Waals surface area contributed by atoms with Crippen molar-refractivity contribution in [3.63, 3.8) is 0 Å². The largest absolute Gasteiger partial charge is 0.416 e. The lowest BCUT2D eigenvalue weighted by Gasteiger charge is -2.24. The van der Waals surface area contributed by atoms with Crippen molar-refractivity contribution in [1.82, 2.24) is 15.4 Å². The number of nitrogens with zero attached hydrogens (tertiary/aromatic N) is 2. The number of rotatable bonds is 3. The van der Waals surface area contributed by atoms with E-state index in [-0.39, 0.29) is 11.7 Å². The van der Waals surface area contributed by atoms with Gasteiger partial charge in [0.2, 0.25) is 0 Å². The number of hydrogen-bond acceptors (Lipinski definition) is 4. The summed E-state index contributed by atoms with van der Waals surface area (Å²) >= 11 is 1.23. The standard InChI is InChI=1S/C16H12F3N3O2S/c17-16(18,19)12-3-1-11(2-4-12)15-22(13(23)9-25-15)21-14(24)10-5-7-20-8-6-10/h1-8,15H,9H2,(H,21,24)/t15-/m0/s1. The number of aromatic nitrogens is 1. The molecule has 1 aliphatic rings. The second-order valence-corrected chi connectivity index (χ2v) is 6.29. The van der Waals surface area contributed by atoms with Crippen molar-refractivity contribution < 1.29 is 22.8 Å². The fourth-order valence-electron chi connectivity index (χ4n) is 2.31. The lowest BCUT2D eigenvalue weighted by atomic mass is 10.1. The van der Waals surface area contributed by atoms with E-state index in [1.165, 1.54) is 48.4 Å². The van der Waals surface area contributed by atoms with E-state index in [1.54, 1.807) is 0 Å². The number of carbonyl (C=O) groups excluding carboxylic acids is 2. The van der Waals surface area contributed by atoms with Crippen LogP contribution in [0.4, 0.5) is 13.2 Å².